The molecule has 0 aromatic heterocycles. The zero-order chi connectivity index (χ0) is 15.2. The van der Waals surface area contributed by atoms with E-state index in [4.69, 9.17) is 0 Å². The second kappa shape index (κ2) is 7.48. The van der Waals surface area contributed by atoms with Gasteiger partial charge in [-0.25, -0.2) is 4.39 Å². The fourth-order valence-electron chi connectivity index (χ4n) is 2.05. The molecule has 0 aliphatic carbocycles. The van der Waals surface area contributed by atoms with E-state index in [1.54, 1.807) is 0 Å². The van der Waals surface area contributed by atoms with Crippen LogP contribution in [0.2, 0.25) is 0 Å². The second-order valence-electron chi connectivity index (χ2n) is 4.91. The van der Waals surface area contributed by atoms with Crippen molar-refractivity contribution in [2.24, 2.45) is 0 Å². The van der Waals surface area contributed by atoms with E-state index < -0.39 is 0 Å². The van der Waals surface area contributed by atoms with Crippen LogP contribution in [0.15, 0.2) is 53.0 Å². The van der Waals surface area contributed by atoms with Crippen LogP contribution < -0.4 is 5.32 Å². The highest BCUT2D eigenvalue weighted by Crippen LogP contribution is 2.16. The lowest BCUT2D eigenvalue weighted by Gasteiger charge is -2.14. The lowest BCUT2D eigenvalue weighted by atomic mass is 10.1. The summed E-state index contributed by atoms with van der Waals surface area (Å²) in [6.45, 7) is 2.65. The number of carbonyl (C=O) groups excluding carboxylic acids is 1. The predicted molar refractivity (Wildman–Crippen MR) is 85.9 cm³/mol. The van der Waals surface area contributed by atoms with E-state index in [-0.39, 0.29) is 17.6 Å². The minimum atomic E-state index is -0.325. The average molecular weight is 350 g/mol. The smallest absolute Gasteiger partial charge is 0.164 e. The Bertz CT molecular complexity index is 595. The van der Waals surface area contributed by atoms with Crippen LogP contribution in [-0.4, -0.2) is 12.3 Å². The Labute approximate surface area is 132 Å². The van der Waals surface area contributed by atoms with Crippen molar-refractivity contribution in [3.63, 3.8) is 0 Å². The first-order valence-electron chi connectivity index (χ1n) is 6.84. The quantitative estimate of drug-likeness (QED) is 0.777. The fourth-order valence-corrected chi connectivity index (χ4v) is 2.32. The van der Waals surface area contributed by atoms with Crippen LogP contribution in [0.3, 0.4) is 0 Å². The van der Waals surface area contributed by atoms with Crippen LogP contribution in [0.1, 0.15) is 35.3 Å². The van der Waals surface area contributed by atoms with Crippen molar-refractivity contribution in [3.05, 3.63) is 69.9 Å². The van der Waals surface area contributed by atoms with Gasteiger partial charge < -0.3 is 5.32 Å². The van der Waals surface area contributed by atoms with Gasteiger partial charge in [0, 0.05) is 29.0 Å². The molecule has 110 valence electrons. The van der Waals surface area contributed by atoms with Gasteiger partial charge >= 0.3 is 0 Å². The summed E-state index contributed by atoms with van der Waals surface area (Å²) in [4.78, 5) is 11.9. The number of rotatable bonds is 6. The van der Waals surface area contributed by atoms with Crippen LogP contribution in [0, 0.1) is 5.82 Å². The summed E-state index contributed by atoms with van der Waals surface area (Å²) in [6, 6.07) is 13.9. The van der Waals surface area contributed by atoms with Gasteiger partial charge in [0.1, 0.15) is 5.82 Å². The van der Waals surface area contributed by atoms with Crippen LogP contribution in [0.5, 0.6) is 0 Å². The molecule has 0 amide bonds. The SMILES string of the molecule is C[C@H](NCCC(=O)c1ccc(F)cc1)c1ccc(Br)cc1. The normalized spacial score (nSPS) is 12.1. The number of Topliss-reactive ketones (excluding diaryl/α,β-unsaturated/α-hetero) is 1. The highest BCUT2D eigenvalue weighted by Gasteiger charge is 2.08. The molecule has 4 heteroatoms. The molecule has 0 spiro atoms. The van der Waals surface area contributed by atoms with Crippen molar-refractivity contribution in [2.45, 2.75) is 19.4 Å². The molecule has 0 bridgehead atoms. The lowest BCUT2D eigenvalue weighted by Crippen LogP contribution is -2.22. The first kappa shape index (κ1) is 15.9. The van der Waals surface area contributed by atoms with Gasteiger partial charge in [0.25, 0.3) is 0 Å². The third-order valence-corrected chi connectivity index (χ3v) is 3.87. The van der Waals surface area contributed by atoms with Gasteiger partial charge in [0.15, 0.2) is 5.78 Å². The maximum Gasteiger partial charge on any atom is 0.164 e. The van der Waals surface area contributed by atoms with E-state index in [0.717, 1.165) is 4.47 Å². The minimum Gasteiger partial charge on any atom is -0.310 e. The Morgan fingerprint density at radius 1 is 1.14 bits per heavy atom. The number of hydrogen-bond acceptors (Lipinski definition) is 2. The van der Waals surface area contributed by atoms with E-state index in [1.807, 2.05) is 24.3 Å². The van der Waals surface area contributed by atoms with E-state index in [9.17, 15) is 9.18 Å². The Morgan fingerprint density at radius 3 is 2.38 bits per heavy atom. The van der Waals surface area contributed by atoms with Crippen LogP contribution >= 0.6 is 15.9 Å². The Morgan fingerprint density at radius 2 is 1.76 bits per heavy atom. The number of hydrogen-bond donors (Lipinski definition) is 1. The summed E-state index contributed by atoms with van der Waals surface area (Å²) in [5.74, 6) is -0.306. The van der Waals surface area contributed by atoms with Crippen molar-refractivity contribution >= 4 is 21.7 Å². The van der Waals surface area contributed by atoms with E-state index in [2.05, 4.69) is 28.2 Å². The van der Waals surface area contributed by atoms with Crippen molar-refractivity contribution < 1.29 is 9.18 Å². The molecular formula is C17H17BrFNO. The van der Waals surface area contributed by atoms with Gasteiger partial charge in [-0.2, -0.15) is 0 Å². The third-order valence-electron chi connectivity index (χ3n) is 3.34. The second-order valence-corrected chi connectivity index (χ2v) is 5.82. The molecule has 1 N–H and O–H groups in total. The summed E-state index contributed by atoms with van der Waals surface area (Å²) in [5.41, 5.74) is 1.72. The van der Waals surface area contributed by atoms with Gasteiger partial charge in [-0.05, 0) is 48.9 Å². The number of ketones is 1. The molecule has 0 saturated heterocycles. The Balaban J connectivity index is 1.82. The monoisotopic (exact) mass is 349 g/mol. The summed E-state index contributed by atoms with van der Waals surface area (Å²) < 4.78 is 13.8. The third kappa shape index (κ3) is 4.76. The number of nitrogens with one attached hydrogen (secondary N) is 1. The molecule has 0 aliphatic rings. The van der Waals surface area contributed by atoms with Gasteiger partial charge in [0.2, 0.25) is 0 Å². The molecule has 0 saturated carbocycles. The van der Waals surface area contributed by atoms with Gasteiger partial charge in [-0.1, -0.05) is 28.1 Å². The first-order valence-corrected chi connectivity index (χ1v) is 7.63. The van der Waals surface area contributed by atoms with E-state index >= 15 is 0 Å². The van der Waals surface area contributed by atoms with Gasteiger partial charge in [0.05, 0.1) is 0 Å². The lowest BCUT2D eigenvalue weighted by molar-refractivity contribution is 0.0982. The number of carbonyl (C=O) groups is 1. The molecule has 21 heavy (non-hydrogen) atoms. The first-order chi connectivity index (χ1) is 10.1. The molecule has 2 aromatic carbocycles. The molecule has 2 aromatic rings. The Hall–Kier alpha value is -1.52. The number of benzene rings is 2. The van der Waals surface area contributed by atoms with Crippen LogP contribution in [0.25, 0.3) is 0 Å². The molecule has 2 rings (SSSR count). The summed E-state index contributed by atoms with van der Waals surface area (Å²) >= 11 is 3.41. The van der Waals surface area contributed by atoms with Crippen molar-refractivity contribution in [1.29, 1.82) is 0 Å². The predicted octanol–water partition coefficient (Wildman–Crippen LogP) is 4.51. The van der Waals surface area contributed by atoms with Crippen molar-refractivity contribution in [1.82, 2.24) is 5.32 Å². The summed E-state index contributed by atoms with van der Waals surface area (Å²) in [5, 5.41) is 3.32. The zero-order valence-corrected chi connectivity index (χ0v) is 13.4. The van der Waals surface area contributed by atoms with Crippen LogP contribution in [0.4, 0.5) is 4.39 Å². The van der Waals surface area contributed by atoms with Gasteiger partial charge in [-0.3, -0.25) is 4.79 Å². The van der Waals surface area contributed by atoms with Crippen molar-refractivity contribution in [2.75, 3.05) is 6.54 Å². The molecule has 2 nitrogen and oxygen atoms in total. The van der Waals surface area contributed by atoms with E-state index in [1.165, 1.54) is 29.8 Å². The highest BCUT2D eigenvalue weighted by molar-refractivity contribution is 9.10. The standard InChI is InChI=1S/C17H17BrFNO/c1-12(13-2-6-15(18)7-3-13)20-11-10-17(21)14-4-8-16(19)9-5-14/h2-9,12,20H,10-11H2,1H3/t12-/m0/s1. The molecule has 0 heterocycles. The maximum absolute atomic E-state index is 12.8. The fraction of sp³-hybridized carbons (Fsp3) is 0.235. The van der Waals surface area contributed by atoms with Crippen molar-refractivity contribution in [3.8, 4) is 0 Å². The Kier molecular flexibility index (Phi) is 5.65. The van der Waals surface area contributed by atoms with E-state index in [0.29, 0.717) is 18.5 Å². The topological polar surface area (TPSA) is 29.1 Å². The largest absolute Gasteiger partial charge is 0.310 e. The molecule has 0 fully saturated rings. The van der Waals surface area contributed by atoms with Gasteiger partial charge in [-0.15, -0.1) is 0 Å². The molecule has 0 unspecified atom stereocenters. The van der Waals surface area contributed by atoms with Crippen LogP contribution in [-0.2, 0) is 0 Å². The average Bonchev–Trinajstić information content (AvgIpc) is 2.48. The summed E-state index contributed by atoms with van der Waals surface area (Å²) in [7, 11) is 0. The molecule has 0 radical (unpaired) electrons. The molecule has 0 aliphatic heterocycles. The maximum atomic E-state index is 12.8. The summed E-state index contributed by atoms with van der Waals surface area (Å²) in [6.07, 6.45) is 0.395. The molecule has 1 atom stereocenters. The zero-order valence-electron chi connectivity index (χ0n) is 11.8. The number of halogens is 2. The minimum absolute atomic E-state index is 0.0190. The molecular weight excluding hydrogens is 333 g/mol. The highest BCUT2D eigenvalue weighted by atomic mass is 79.9.